The predicted octanol–water partition coefficient (Wildman–Crippen LogP) is 2.13. The number of nitrogens with one attached hydrogen (secondary N) is 1. The molecule has 1 aliphatic rings. The minimum Gasteiger partial charge on any atom is -0.507 e. The summed E-state index contributed by atoms with van der Waals surface area (Å²) in [4.78, 5) is 11.9. The fourth-order valence-corrected chi connectivity index (χ4v) is 2.20. The van der Waals surface area contributed by atoms with Crippen molar-refractivity contribution >= 4 is 28.5 Å². The standard InChI is InChI=1S/C12H15IN2O2/c13-10-5-4-9(8-11(10)16)12(17)14-15-6-2-1-3-7-15/h4-5,8,16H,1-3,6-7H2,(H,14,17). The molecule has 2 N–H and O–H groups in total. The van der Waals surface area contributed by atoms with Gasteiger partial charge in [0, 0.05) is 18.7 Å². The van der Waals surface area contributed by atoms with Crippen LogP contribution < -0.4 is 5.43 Å². The van der Waals surface area contributed by atoms with E-state index in [0.717, 1.165) is 29.5 Å². The Morgan fingerprint density at radius 2 is 2.00 bits per heavy atom. The number of phenols is 1. The molecule has 1 aromatic rings. The Morgan fingerprint density at radius 3 is 2.65 bits per heavy atom. The SMILES string of the molecule is O=C(NN1CCCCC1)c1ccc(I)c(O)c1. The monoisotopic (exact) mass is 346 g/mol. The van der Waals surface area contributed by atoms with Crippen LogP contribution in [0.15, 0.2) is 18.2 Å². The van der Waals surface area contributed by atoms with E-state index in [4.69, 9.17) is 0 Å². The van der Waals surface area contributed by atoms with Gasteiger partial charge in [-0.05, 0) is 53.6 Å². The van der Waals surface area contributed by atoms with Crippen molar-refractivity contribution < 1.29 is 9.90 Å². The van der Waals surface area contributed by atoms with Crippen molar-refractivity contribution in [1.82, 2.24) is 10.4 Å². The molecule has 4 nitrogen and oxygen atoms in total. The number of halogens is 1. The Labute approximate surface area is 114 Å². The van der Waals surface area contributed by atoms with Crippen LogP contribution in [0.5, 0.6) is 5.75 Å². The van der Waals surface area contributed by atoms with Crippen molar-refractivity contribution in [3.8, 4) is 5.75 Å². The molecule has 2 rings (SSSR count). The van der Waals surface area contributed by atoms with Crippen LogP contribution in [0.3, 0.4) is 0 Å². The fraction of sp³-hybridized carbons (Fsp3) is 0.417. The molecule has 1 aromatic carbocycles. The molecule has 0 atom stereocenters. The molecule has 0 aromatic heterocycles. The molecular weight excluding hydrogens is 331 g/mol. The first-order chi connectivity index (χ1) is 8.16. The van der Waals surface area contributed by atoms with Crippen molar-refractivity contribution in [3.05, 3.63) is 27.3 Å². The highest BCUT2D eigenvalue weighted by atomic mass is 127. The van der Waals surface area contributed by atoms with Gasteiger partial charge in [-0.25, -0.2) is 5.01 Å². The number of amides is 1. The number of hydrogen-bond acceptors (Lipinski definition) is 3. The molecule has 1 amide bonds. The third-order valence-electron chi connectivity index (χ3n) is 2.82. The van der Waals surface area contributed by atoms with Crippen molar-refractivity contribution in [2.75, 3.05) is 13.1 Å². The number of hydrazine groups is 1. The molecular formula is C12H15IN2O2. The summed E-state index contributed by atoms with van der Waals surface area (Å²) in [6, 6.07) is 4.96. The van der Waals surface area contributed by atoms with Crippen LogP contribution >= 0.6 is 22.6 Å². The average Bonchev–Trinajstić information content (AvgIpc) is 2.34. The first kappa shape index (κ1) is 12.6. The highest BCUT2D eigenvalue weighted by Gasteiger charge is 2.14. The lowest BCUT2D eigenvalue weighted by molar-refractivity contribution is 0.0749. The molecule has 1 heterocycles. The maximum absolute atomic E-state index is 11.9. The number of carbonyl (C=O) groups is 1. The van der Waals surface area contributed by atoms with E-state index in [2.05, 4.69) is 5.43 Å². The number of phenolic OH excluding ortho intramolecular Hbond substituents is 1. The summed E-state index contributed by atoms with van der Waals surface area (Å²) < 4.78 is 0.747. The molecule has 1 aliphatic heterocycles. The molecule has 0 bridgehead atoms. The van der Waals surface area contributed by atoms with Gasteiger partial charge in [-0.15, -0.1) is 0 Å². The highest BCUT2D eigenvalue weighted by Crippen LogP contribution is 2.20. The van der Waals surface area contributed by atoms with E-state index < -0.39 is 0 Å². The van der Waals surface area contributed by atoms with E-state index in [1.165, 1.54) is 12.5 Å². The van der Waals surface area contributed by atoms with Gasteiger partial charge in [0.1, 0.15) is 5.75 Å². The maximum Gasteiger partial charge on any atom is 0.265 e. The molecule has 1 fully saturated rings. The topological polar surface area (TPSA) is 52.6 Å². The summed E-state index contributed by atoms with van der Waals surface area (Å²) in [5, 5.41) is 11.5. The Bertz CT molecular complexity index is 417. The van der Waals surface area contributed by atoms with Gasteiger partial charge in [0.25, 0.3) is 5.91 Å². The molecule has 0 aliphatic carbocycles. The van der Waals surface area contributed by atoms with Gasteiger partial charge in [-0.2, -0.15) is 0 Å². The van der Waals surface area contributed by atoms with E-state index >= 15 is 0 Å². The van der Waals surface area contributed by atoms with Crippen LogP contribution in [0.1, 0.15) is 29.6 Å². The second-order valence-corrected chi connectivity index (χ2v) is 5.32. The third kappa shape index (κ3) is 3.32. The molecule has 1 saturated heterocycles. The number of hydrogen-bond donors (Lipinski definition) is 2. The fourth-order valence-electron chi connectivity index (χ4n) is 1.87. The lowest BCUT2D eigenvalue weighted by Gasteiger charge is -2.26. The van der Waals surface area contributed by atoms with Gasteiger partial charge in [-0.1, -0.05) is 6.42 Å². The average molecular weight is 346 g/mol. The van der Waals surface area contributed by atoms with Gasteiger partial charge in [0.2, 0.25) is 0 Å². The zero-order chi connectivity index (χ0) is 12.3. The Kier molecular flexibility index (Phi) is 4.22. The van der Waals surface area contributed by atoms with Crippen molar-refractivity contribution in [2.45, 2.75) is 19.3 Å². The summed E-state index contributed by atoms with van der Waals surface area (Å²) >= 11 is 2.03. The van der Waals surface area contributed by atoms with Gasteiger partial charge >= 0.3 is 0 Å². The van der Waals surface area contributed by atoms with Crippen molar-refractivity contribution in [1.29, 1.82) is 0 Å². The van der Waals surface area contributed by atoms with E-state index in [9.17, 15) is 9.90 Å². The van der Waals surface area contributed by atoms with Gasteiger partial charge in [0.05, 0.1) is 3.57 Å². The highest BCUT2D eigenvalue weighted by molar-refractivity contribution is 14.1. The first-order valence-corrected chi connectivity index (χ1v) is 6.79. The maximum atomic E-state index is 11.9. The summed E-state index contributed by atoms with van der Waals surface area (Å²) in [6.07, 6.45) is 3.48. The lowest BCUT2D eigenvalue weighted by Crippen LogP contribution is -2.45. The number of benzene rings is 1. The van der Waals surface area contributed by atoms with Crippen molar-refractivity contribution in [2.24, 2.45) is 0 Å². The normalized spacial score (nSPS) is 16.8. The van der Waals surface area contributed by atoms with E-state index in [-0.39, 0.29) is 11.7 Å². The van der Waals surface area contributed by atoms with E-state index in [0.29, 0.717) is 5.56 Å². The van der Waals surface area contributed by atoms with Gasteiger partial charge in [0.15, 0.2) is 0 Å². The Morgan fingerprint density at radius 1 is 1.29 bits per heavy atom. The minimum absolute atomic E-state index is 0.150. The molecule has 17 heavy (non-hydrogen) atoms. The van der Waals surface area contributed by atoms with Crippen LogP contribution in [0.2, 0.25) is 0 Å². The molecule has 0 spiro atoms. The zero-order valence-corrected chi connectivity index (χ0v) is 11.6. The summed E-state index contributed by atoms with van der Waals surface area (Å²) in [5.41, 5.74) is 3.36. The number of piperidine rings is 1. The molecule has 5 heteroatoms. The zero-order valence-electron chi connectivity index (χ0n) is 9.45. The first-order valence-electron chi connectivity index (χ1n) is 5.71. The second kappa shape index (κ2) is 5.68. The Hall–Kier alpha value is -0.820. The van der Waals surface area contributed by atoms with Crippen LogP contribution in [-0.4, -0.2) is 29.1 Å². The summed E-state index contributed by atoms with van der Waals surface area (Å²) in [7, 11) is 0. The minimum atomic E-state index is -0.154. The number of rotatable bonds is 2. The largest absolute Gasteiger partial charge is 0.507 e. The smallest absolute Gasteiger partial charge is 0.265 e. The number of nitrogens with zero attached hydrogens (tertiary/aromatic N) is 1. The molecule has 92 valence electrons. The van der Waals surface area contributed by atoms with Crippen LogP contribution in [0.4, 0.5) is 0 Å². The number of carbonyl (C=O) groups excluding carboxylic acids is 1. The second-order valence-electron chi connectivity index (χ2n) is 4.15. The van der Waals surface area contributed by atoms with E-state index in [1.54, 1.807) is 12.1 Å². The van der Waals surface area contributed by atoms with Crippen LogP contribution in [0.25, 0.3) is 0 Å². The van der Waals surface area contributed by atoms with Crippen LogP contribution in [0, 0.1) is 3.57 Å². The van der Waals surface area contributed by atoms with Gasteiger partial charge < -0.3 is 5.11 Å². The summed E-state index contributed by atoms with van der Waals surface area (Å²) in [5.74, 6) is -0.00417. The summed E-state index contributed by atoms with van der Waals surface area (Å²) in [6.45, 7) is 1.81. The number of aromatic hydroxyl groups is 1. The Balaban J connectivity index is 2.01. The predicted molar refractivity (Wildman–Crippen MR) is 73.7 cm³/mol. The van der Waals surface area contributed by atoms with Crippen molar-refractivity contribution in [3.63, 3.8) is 0 Å². The quantitative estimate of drug-likeness (QED) is 0.807. The molecule has 0 unspecified atom stereocenters. The third-order valence-corrected chi connectivity index (χ3v) is 3.74. The molecule has 0 saturated carbocycles. The van der Waals surface area contributed by atoms with E-state index in [1.807, 2.05) is 27.6 Å². The lowest BCUT2D eigenvalue weighted by atomic mass is 10.1. The molecule has 0 radical (unpaired) electrons. The van der Waals surface area contributed by atoms with Gasteiger partial charge in [-0.3, -0.25) is 10.2 Å². The van der Waals surface area contributed by atoms with Crippen LogP contribution in [-0.2, 0) is 0 Å².